The van der Waals surface area contributed by atoms with Crippen molar-refractivity contribution in [3.63, 3.8) is 0 Å². The second kappa shape index (κ2) is 5.30. The molecule has 0 unspecified atom stereocenters. The number of urea groups is 1. The average molecular weight is 283 g/mol. The van der Waals surface area contributed by atoms with Crippen LogP contribution >= 0.6 is 12.6 Å². The molecule has 0 aliphatic heterocycles. The van der Waals surface area contributed by atoms with Gasteiger partial charge in [0.25, 0.3) is 0 Å². The first-order valence-corrected chi connectivity index (χ1v) is 6.60. The van der Waals surface area contributed by atoms with Crippen LogP contribution in [0.4, 0.5) is 16.2 Å². The Morgan fingerprint density at radius 3 is 2.45 bits per heavy atom. The second-order valence-electron chi connectivity index (χ2n) is 4.41. The van der Waals surface area contributed by atoms with Crippen LogP contribution in [0.3, 0.4) is 0 Å². The quantitative estimate of drug-likeness (QED) is 0.526. The van der Waals surface area contributed by atoms with Gasteiger partial charge in [0.2, 0.25) is 0 Å². The molecule has 0 saturated carbocycles. The van der Waals surface area contributed by atoms with Crippen LogP contribution in [0.5, 0.6) is 0 Å². The predicted molar refractivity (Wildman–Crippen MR) is 84.6 cm³/mol. The molecule has 0 atom stereocenters. The van der Waals surface area contributed by atoms with Crippen molar-refractivity contribution in [3.8, 4) is 0 Å². The Balaban J connectivity index is 1.70. The number of nitrogens with one attached hydrogen (secondary N) is 3. The highest BCUT2D eigenvalue weighted by Gasteiger charge is 2.03. The van der Waals surface area contributed by atoms with Crippen molar-refractivity contribution < 1.29 is 4.79 Å². The molecule has 0 bridgehead atoms. The molecule has 0 fully saturated rings. The third-order valence-corrected chi connectivity index (χ3v) is 3.23. The predicted octanol–water partition coefficient (Wildman–Crippen LogP) is 4.10. The average Bonchev–Trinajstić information content (AvgIpc) is 2.89. The van der Waals surface area contributed by atoms with Gasteiger partial charge < -0.3 is 15.6 Å². The Hall–Kier alpha value is -2.40. The molecule has 2 amide bonds. The van der Waals surface area contributed by atoms with Crippen LogP contribution in [-0.4, -0.2) is 11.0 Å². The molecule has 2 aromatic carbocycles. The van der Waals surface area contributed by atoms with Crippen LogP contribution in [0.2, 0.25) is 0 Å². The highest BCUT2D eigenvalue weighted by Crippen LogP contribution is 2.18. The van der Waals surface area contributed by atoms with Gasteiger partial charge in [-0.1, -0.05) is 0 Å². The molecule has 100 valence electrons. The number of fused-ring (bicyclic) bond motifs is 1. The number of benzene rings is 2. The number of aromatic nitrogens is 1. The topological polar surface area (TPSA) is 56.9 Å². The molecule has 0 spiro atoms. The van der Waals surface area contributed by atoms with Crippen molar-refractivity contribution in [3.05, 3.63) is 54.7 Å². The smallest absolute Gasteiger partial charge is 0.323 e. The van der Waals surface area contributed by atoms with Gasteiger partial charge in [-0.15, -0.1) is 12.6 Å². The van der Waals surface area contributed by atoms with Crippen LogP contribution in [0, 0.1) is 0 Å². The van der Waals surface area contributed by atoms with Crippen molar-refractivity contribution in [1.29, 1.82) is 0 Å². The summed E-state index contributed by atoms with van der Waals surface area (Å²) in [6, 6.07) is 14.7. The van der Waals surface area contributed by atoms with Gasteiger partial charge in [0, 0.05) is 33.4 Å². The van der Waals surface area contributed by atoms with Crippen molar-refractivity contribution in [1.82, 2.24) is 4.98 Å². The van der Waals surface area contributed by atoms with Crippen molar-refractivity contribution in [2.75, 3.05) is 10.6 Å². The lowest BCUT2D eigenvalue weighted by molar-refractivity contribution is 0.262. The molecule has 4 nitrogen and oxygen atoms in total. The fourth-order valence-electron chi connectivity index (χ4n) is 1.97. The Morgan fingerprint density at radius 2 is 1.65 bits per heavy atom. The number of H-pyrrole nitrogens is 1. The van der Waals surface area contributed by atoms with E-state index in [1.165, 1.54) is 0 Å². The summed E-state index contributed by atoms with van der Waals surface area (Å²) in [5.41, 5.74) is 2.52. The van der Waals surface area contributed by atoms with Crippen LogP contribution in [0.15, 0.2) is 59.6 Å². The normalized spacial score (nSPS) is 10.4. The molecule has 3 N–H and O–H groups in total. The Labute approximate surface area is 121 Å². The zero-order valence-corrected chi connectivity index (χ0v) is 11.4. The summed E-state index contributed by atoms with van der Waals surface area (Å²) in [5, 5.41) is 6.63. The van der Waals surface area contributed by atoms with E-state index in [4.69, 9.17) is 0 Å². The third-order valence-electron chi connectivity index (χ3n) is 2.94. The first-order chi connectivity index (χ1) is 9.70. The number of aromatic amines is 1. The number of anilines is 2. The van der Waals surface area contributed by atoms with E-state index < -0.39 is 0 Å². The fraction of sp³-hybridized carbons (Fsp3) is 0. The summed E-state index contributed by atoms with van der Waals surface area (Å²) >= 11 is 4.20. The highest BCUT2D eigenvalue weighted by molar-refractivity contribution is 7.80. The molecule has 20 heavy (non-hydrogen) atoms. The fourth-order valence-corrected chi connectivity index (χ4v) is 2.12. The van der Waals surface area contributed by atoms with E-state index in [1.807, 2.05) is 42.6 Å². The first kappa shape index (κ1) is 12.6. The van der Waals surface area contributed by atoms with Crippen LogP contribution in [0.1, 0.15) is 0 Å². The minimum absolute atomic E-state index is 0.271. The SMILES string of the molecule is O=C(Nc1ccc(S)cc1)Nc1ccc2[nH]ccc2c1. The summed E-state index contributed by atoms with van der Waals surface area (Å²) in [5.74, 6) is 0. The number of rotatable bonds is 2. The van der Waals surface area contributed by atoms with Crippen molar-refractivity contribution in [2.45, 2.75) is 4.90 Å². The molecular weight excluding hydrogens is 270 g/mol. The van der Waals surface area contributed by atoms with Gasteiger partial charge >= 0.3 is 6.03 Å². The largest absolute Gasteiger partial charge is 0.361 e. The number of carbonyl (C=O) groups excluding carboxylic acids is 1. The maximum absolute atomic E-state index is 11.9. The van der Waals surface area contributed by atoms with E-state index in [1.54, 1.807) is 12.1 Å². The standard InChI is InChI=1S/C15H13N3OS/c19-15(17-11-1-4-13(20)5-2-11)18-12-3-6-14-10(9-12)7-8-16-14/h1-9,16,20H,(H2,17,18,19). The van der Waals surface area contributed by atoms with Crippen LogP contribution in [0.25, 0.3) is 10.9 Å². The van der Waals surface area contributed by atoms with Crippen LogP contribution < -0.4 is 10.6 Å². The molecule has 3 rings (SSSR count). The van der Waals surface area contributed by atoms with E-state index in [-0.39, 0.29) is 6.03 Å². The molecular formula is C15H13N3OS. The van der Waals surface area contributed by atoms with Crippen molar-refractivity contribution in [2.24, 2.45) is 0 Å². The van der Waals surface area contributed by atoms with E-state index in [0.717, 1.165) is 27.2 Å². The van der Waals surface area contributed by atoms with Crippen LogP contribution in [-0.2, 0) is 0 Å². The van der Waals surface area contributed by atoms with E-state index in [9.17, 15) is 4.79 Å². The summed E-state index contributed by atoms with van der Waals surface area (Å²) in [6.07, 6.45) is 1.87. The number of amides is 2. The van der Waals surface area contributed by atoms with Crippen molar-refractivity contribution >= 4 is 40.9 Å². The molecule has 1 heterocycles. The van der Waals surface area contributed by atoms with E-state index in [2.05, 4.69) is 28.2 Å². The molecule has 0 aliphatic rings. The zero-order chi connectivity index (χ0) is 13.9. The van der Waals surface area contributed by atoms with Gasteiger partial charge in [0.05, 0.1) is 0 Å². The Morgan fingerprint density at radius 1 is 0.950 bits per heavy atom. The lowest BCUT2D eigenvalue weighted by Gasteiger charge is -2.08. The molecule has 5 heteroatoms. The number of carbonyl (C=O) groups is 1. The summed E-state index contributed by atoms with van der Waals surface area (Å²) in [7, 11) is 0. The Kier molecular flexibility index (Phi) is 3.35. The molecule has 3 aromatic rings. The Bertz CT molecular complexity index is 749. The minimum Gasteiger partial charge on any atom is -0.361 e. The highest BCUT2D eigenvalue weighted by atomic mass is 32.1. The monoisotopic (exact) mass is 283 g/mol. The summed E-state index contributed by atoms with van der Waals surface area (Å²) in [6.45, 7) is 0. The maximum Gasteiger partial charge on any atom is 0.323 e. The van der Waals surface area contributed by atoms with E-state index >= 15 is 0 Å². The molecule has 1 aromatic heterocycles. The lowest BCUT2D eigenvalue weighted by atomic mass is 10.2. The molecule has 0 aliphatic carbocycles. The second-order valence-corrected chi connectivity index (χ2v) is 4.92. The van der Waals surface area contributed by atoms with Gasteiger partial charge in [-0.2, -0.15) is 0 Å². The molecule has 0 saturated heterocycles. The maximum atomic E-state index is 11.9. The summed E-state index contributed by atoms with van der Waals surface area (Å²) in [4.78, 5) is 15.9. The first-order valence-electron chi connectivity index (χ1n) is 6.15. The number of thiol groups is 1. The number of hydrogen-bond acceptors (Lipinski definition) is 2. The zero-order valence-electron chi connectivity index (χ0n) is 10.6. The van der Waals surface area contributed by atoms with E-state index in [0.29, 0.717) is 0 Å². The minimum atomic E-state index is -0.271. The number of hydrogen-bond donors (Lipinski definition) is 4. The molecule has 0 radical (unpaired) electrons. The van der Waals surface area contributed by atoms with Gasteiger partial charge in [0.1, 0.15) is 0 Å². The lowest BCUT2D eigenvalue weighted by Crippen LogP contribution is -2.19. The van der Waals surface area contributed by atoms with Gasteiger partial charge in [-0.05, 0) is 48.5 Å². The van der Waals surface area contributed by atoms with Gasteiger partial charge in [-0.25, -0.2) is 4.79 Å². The summed E-state index contributed by atoms with van der Waals surface area (Å²) < 4.78 is 0. The van der Waals surface area contributed by atoms with Gasteiger partial charge in [0.15, 0.2) is 0 Å². The third kappa shape index (κ3) is 2.78. The van der Waals surface area contributed by atoms with Gasteiger partial charge in [-0.3, -0.25) is 0 Å².